The Bertz CT molecular complexity index is 462. The number of alkyl halides is 1. The Hall–Kier alpha value is -1.22. The maximum atomic E-state index is 8.24. The van der Waals surface area contributed by atoms with Gasteiger partial charge in [0.1, 0.15) is 0 Å². The Morgan fingerprint density at radius 3 is 2.54 bits per heavy atom. The molecule has 0 aromatic heterocycles. The second-order valence-corrected chi connectivity index (χ2v) is 6.58. The van der Waals surface area contributed by atoms with Crippen LogP contribution in [0.1, 0.15) is 52.9 Å². The van der Waals surface area contributed by atoms with E-state index in [0.29, 0.717) is 18.4 Å². The van der Waals surface area contributed by atoms with E-state index in [1.54, 1.807) is 0 Å². The molecule has 0 aromatic carbocycles. The van der Waals surface area contributed by atoms with E-state index in [0.717, 1.165) is 31.5 Å². The SMILES string of the molecule is C/C=C/C(=C\C=C(/C)N1CCCCC1)C(CCCCl)C(=N)OCC. The molecule has 0 spiro atoms. The molecule has 1 aliphatic rings. The normalized spacial score (nSPS) is 18.1. The maximum absolute atomic E-state index is 8.24. The van der Waals surface area contributed by atoms with Crippen molar-refractivity contribution in [3.63, 3.8) is 0 Å². The van der Waals surface area contributed by atoms with Crippen LogP contribution in [0.2, 0.25) is 0 Å². The van der Waals surface area contributed by atoms with Gasteiger partial charge in [0, 0.05) is 24.7 Å². The van der Waals surface area contributed by atoms with Crippen molar-refractivity contribution in [3.8, 4) is 0 Å². The van der Waals surface area contributed by atoms with E-state index in [2.05, 4.69) is 30.1 Å². The topological polar surface area (TPSA) is 36.3 Å². The average molecular weight is 353 g/mol. The van der Waals surface area contributed by atoms with Crippen molar-refractivity contribution >= 4 is 17.5 Å². The van der Waals surface area contributed by atoms with E-state index in [-0.39, 0.29) is 5.92 Å². The van der Waals surface area contributed by atoms with Gasteiger partial charge in [-0.15, -0.1) is 11.6 Å². The second-order valence-electron chi connectivity index (χ2n) is 6.20. The summed E-state index contributed by atoms with van der Waals surface area (Å²) in [5.74, 6) is 0.933. The van der Waals surface area contributed by atoms with Gasteiger partial charge in [-0.3, -0.25) is 5.41 Å². The van der Waals surface area contributed by atoms with Crippen LogP contribution in [0.25, 0.3) is 0 Å². The first-order valence-corrected chi connectivity index (χ1v) is 9.70. The number of hydrogen-bond acceptors (Lipinski definition) is 3. The van der Waals surface area contributed by atoms with Gasteiger partial charge in [-0.2, -0.15) is 0 Å². The molecule has 0 aliphatic carbocycles. The van der Waals surface area contributed by atoms with Gasteiger partial charge in [0.25, 0.3) is 0 Å². The van der Waals surface area contributed by atoms with Crippen LogP contribution >= 0.6 is 11.6 Å². The molecule has 136 valence electrons. The molecule has 0 bridgehead atoms. The van der Waals surface area contributed by atoms with Crippen LogP contribution in [0, 0.1) is 11.3 Å². The van der Waals surface area contributed by atoms with Crippen molar-refractivity contribution in [2.45, 2.75) is 52.9 Å². The minimum Gasteiger partial charge on any atom is -0.481 e. The molecule has 0 radical (unpaired) electrons. The van der Waals surface area contributed by atoms with E-state index in [4.69, 9.17) is 21.7 Å². The summed E-state index contributed by atoms with van der Waals surface area (Å²) in [4.78, 5) is 2.45. The monoisotopic (exact) mass is 352 g/mol. The van der Waals surface area contributed by atoms with Crippen molar-refractivity contribution in [1.82, 2.24) is 4.90 Å². The fourth-order valence-corrected chi connectivity index (χ4v) is 3.19. The zero-order valence-electron chi connectivity index (χ0n) is 15.5. The van der Waals surface area contributed by atoms with Gasteiger partial charge in [0.05, 0.1) is 12.5 Å². The average Bonchev–Trinajstić information content (AvgIpc) is 2.60. The Balaban J connectivity index is 2.95. The van der Waals surface area contributed by atoms with E-state index in [9.17, 15) is 0 Å². The van der Waals surface area contributed by atoms with Gasteiger partial charge >= 0.3 is 0 Å². The van der Waals surface area contributed by atoms with E-state index in [1.165, 1.54) is 25.0 Å². The summed E-state index contributed by atoms with van der Waals surface area (Å²) in [7, 11) is 0. The van der Waals surface area contributed by atoms with Crippen LogP contribution in [0.15, 0.2) is 35.6 Å². The molecule has 24 heavy (non-hydrogen) atoms. The third-order valence-corrected chi connectivity index (χ3v) is 4.64. The zero-order chi connectivity index (χ0) is 17.8. The standard InChI is InChI=1S/C20H33ClN2O/c1-4-10-18(19(11-9-14-21)20(22)24-5-2)13-12-17(3)23-15-7-6-8-16-23/h4,10,12-13,19,22H,5-9,11,14-16H2,1-3H3/b10-4+,17-12+,18-13+,22-20?. The van der Waals surface area contributed by atoms with Gasteiger partial charge in [-0.25, -0.2) is 0 Å². The number of likely N-dealkylation sites (tertiary alicyclic amines) is 1. The highest BCUT2D eigenvalue weighted by Gasteiger charge is 2.19. The number of rotatable bonds is 9. The van der Waals surface area contributed by atoms with Crippen LogP contribution in [0.3, 0.4) is 0 Å². The van der Waals surface area contributed by atoms with Crippen molar-refractivity contribution in [1.29, 1.82) is 5.41 Å². The molecule has 1 atom stereocenters. The fourth-order valence-electron chi connectivity index (χ4n) is 3.04. The molecule has 1 fully saturated rings. The summed E-state index contributed by atoms with van der Waals surface area (Å²) in [6.45, 7) is 8.95. The lowest BCUT2D eigenvalue weighted by Crippen LogP contribution is -2.27. The summed E-state index contributed by atoms with van der Waals surface area (Å²) < 4.78 is 5.49. The minimum atomic E-state index is -0.0229. The van der Waals surface area contributed by atoms with Gasteiger partial charge < -0.3 is 9.64 Å². The van der Waals surface area contributed by atoms with Crippen molar-refractivity contribution in [2.75, 3.05) is 25.6 Å². The molecule has 4 heteroatoms. The lowest BCUT2D eigenvalue weighted by molar-refractivity contribution is 0.286. The molecular weight excluding hydrogens is 320 g/mol. The summed E-state index contributed by atoms with van der Waals surface area (Å²) in [5.41, 5.74) is 2.42. The third kappa shape index (κ3) is 7.12. The highest BCUT2D eigenvalue weighted by Crippen LogP contribution is 2.22. The fraction of sp³-hybridized carbons (Fsp3) is 0.650. The van der Waals surface area contributed by atoms with Crippen LogP contribution in [0.5, 0.6) is 0 Å². The second kappa shape index (κ2) is 12.2. The highest BCUT2D eigenvalue weighted by atomic mass is 35.5. The number of nitrogens with one attached hydrogen (secondary N) is 1. The number of hydrogen-bond donors (Lipinski definition) is 1. The molecule has 1 saturated heterocycles. The van der Waals surface area contributed by atoms with Gasteiger partial charge in [0.15, 0.2) is 5.90 Å². The van der Waals surface area contributed by atoms with E-state index < -0.39 is 0 Å². The Labute approximate surface area is 152 Å². The smallest absolute Gasteiger partial charge is 0.188 e. The first-order chi connectivity index (χ1) is 11.6. The first-order valence-electron chi connectivity index (χ1n) is 9.17. The minimum absolute atomic E-state index is 0.0229. The molecule has 1 rings (SSSR count). The molecule has 0 saturated carbocycles. The molecule has 1 heterocycles. The largest absolute Gasteiger partial charge is 0.481 e. The number of ether oxygens (including phenoxy) is 1. The summed E-state index contributed by atoms with van der Waals surface area (Å²) in [6.07, 6.45) is 14.1. The van der Waals surface area contributed by atoms with Crippen LogP contribution in [-0.2, 0) is 4.74 Å². The molecule has 1 N–H and O–H groups in total. The first kappa shape index (κ1) is 20.8. The predicted octanol–water partition coefficient (Wildman–Crippen LogP) is 5.53. The van der Waals surface area contributed by atoms with Gasteiger partial charge in [0.2, 0.25) is 0 Å². The number of allylic oxidation sites excluding steroid dienone is 5. The number of nitrogens with zero attached hydrogens (tertiary/aromatic N) is 1. The lowest BCUT2D eigenvalue weighted by Gasteiger charge is -2.29. The van der Waals surface area contributed by atoms with Crippen LogP contribution in [-0.4, -0.2) is 36.4 Å². The highest BCUT2D eigenvalue weighted by molar-refractivity contribution is 6.17. The predicted molar refractivity (Wildman–Crippen MR) is 105 cm³/mol. The zero-order valence-corrected chi connectivity index (χ0v) is 16.2. The van der Waals surface area contributed by atoms with Crippen molar-refractivity contribution < 1.29 is 4.74 Å². The van der Waals surface area contributed by atoms with Gasteiger partial charge in [-0.05, 0) is 64.5 Å². The number of halogens is 1. The number of piperidine rings is 1. The Kier molecular flexibility index (Phi) is 10.6. The molecule has 0 aromatic rings. The third-order valence-electron chi connectivity index (χ3n) is 4.38. The van der Waals surface area contributed by atoms with Gasteiger partial charge in [-0.1, -0.05) is 18.2 Å². The Morgan fingerprint density at radius 1 is 1.25 bits per heavy atom. The lowest BCUT2D eigenvalue weighted by atomic mass is 9.93. The maximum Gasteiger partial charge on any atom is 0.188 e. The summed E-state index contributed by atoms with van der Waals surface area (Å²) >= 11 is 5.87. The van der Waals surface area contributed by atoms with Crippen molar-refractivity contribution in [3.05, 3.63) is 35.6 Å². The van der Waals surface area contributed by atoms with E-state index in [1.807, 2.05) is 19.9 Å². The summed E-state index contributed by atoms with van der Waals surface area (Å²) in [5, 5.41) is 8.24. The molecule has 1 aliphatic heterocycles. The Morgan fingerprint density at radius 2 is 1.96 bits per heavy atom. The quantitative estimate of drug-likeness (QED) is 0.256. The van der Waals surface area contributed by atoms with E-state index >= 15 is 0 Å². The van der Waals surface area contributed by atoms with Crippen molar-refractivity contribution in [2.24, 2.45) is 5.92 Å². The molecule has 3 nitrogen and oxygen atoms in total. The van der Waals surface area contributed by atoms with Crippen LogP contribution < -0.4 is 0 Å². The molecular formula is C20H33ClN2O. The molecule has 0 amide bonds. The summed E-state index contributed by atoms with van der Waals surface area (Å²) in [6, 6.07) is 0. The van der Waals surface area contributed by atoms with Crippen LogP contribution in [0.4, 0.5) is 0 Å². The molecule has 1 unspecified atom stereocenters.